The molecule has 110 valence electrons. The molecule has 22 heavy (non-hydrogen) atoms. The highest BCUT2D eigenvalue weighted by atomic mass is 32.2. The predicted molar refractivity (Wildman–Crippen MR) is 90.2 cm³/mol. The average Bonchev–Trinajstić information content (AvgIpc) is 2.84. The monoisotopic (exact) mass is 345 g/mol. The molecule has 0 aliphatic carbocycles. The summed E-state index contributed by atoms with van der Waals surface area (Å²) in [6.45, 7) is 0. The minimum absolute atomic E-state index is 0.280. The fourth-order valence-electron chi connectivity index (χ4n) is 2.07. The van der Waals surface area contributed by atoms with Crippen molar-refractivity contribution in [3.05, 3.63) is 53.4 Å². The van der Waals surface area contributed by atoms with Crippen LogP contribution in [0.1, 0.15) is 4.88 Å². The van der Waals surface area contributed by atoms with Crippen LogP contribution in [-0.2, 0) is 9.84 Å². The van der Waals surface area contributed by atoms with Gasteiger partial charge in [0.2, 0.25) is 0 Å². The molecule has 6 heteroatoms. The minimum atomic E-state index is -3.25. The van der Waals surface area contributed by atoms with Crippen molar-refractivity contribution < 1.29 is 8.42 Å². The molecule has 0 radical (unpaired) electrons. The summed E-state index contributed by atoms with van der Waals surface area (Å²) in [5, 5.41) is 10.3. The van der Waals surface area contributed by atoms with Crippen LogP contribution in [0.5, 0.6) is 0 Å². The Kier molecular flexibility index (Phi) is 3.96. The standard InChI is InChI=1S/C16H11NO2S3/c1-22(18,19)12-7-8-13-14(9-12)21-15(10-17)16(13)20-11-5-3-2-4-6-11/h2-9H,1H3. The van der Waals surface area contributed by atoms with Gasteiger partial charge in [-0.05, 0) is 24.3 Å². The molecule has 0 spiro atoms. The number of hydrogen-bond donors (Lipinski definition) is 0. The van der Waals surface area contributed by atoms with Crippen LogP contribution in [0.25, 0.3) is 10.1 Å². The molecule has 1 aromatic heterocycles. The van der Waals surface area contributed by atoms with Crippen LogP contribution in [0, 0.1) is 11.3 Å². The first-order valence-corrected chi connectivity index (χ1v) is 9.91. The SMILES string of the molecule is CS(=O)(=O)c1ccc2c(Sc3ccccc3)c(C#N)sc2c1. The van der Waals surface area contributed by atoms with Gasteiger partial charge in [-0.1, -0.05) is 36.0 Å². The molecule has 0 aliphatic rings. The summed E-state index contributed by atoms with van der Waals surface area (Å²) in [6.07, 6.45) is 1.19. The number of thiophene rings is 1. The summed E-state index contributed by atoms with van der Waals surface area (Å²) in [5.41, 5.74) is 0. The fourth-order valence-corrected chi connectivity index (χ4v) is 4.99. The van der Waals surface area contributed by atoms with Crippen LogP contribution in [-0.4, -0.2) is 14.7 Å². The third-order valence-corrected chi connectivity index (χ3v) is 6.54. The molecule has 3 rings (SSSR count). The van der Waals surface area contributed by atoms with Crippen molar-refractivity contribution in [2.45, 2.75) is 14.7 Å². The van der Waals surface area contributed by atoms with Gasteiger partial charge in [0.05, 0.1) is 4.90 Å². The van der Waals surface area contributed by atoms with Crippen molar-refractivity contribution in [1.29, 1.82) is 5.26 Å². The van der Waals surface area contributed by atoms with Gasteiger partial charge in [-0.25, -0.2) is 8.42 Å². The zero-order valence-corrected chi connectivity index (χ0v) is 14.1. The van der Waals surface area contributed by atoms with E-state index >= 15 is 0 Å². The number of rotatable bonds is 3. The molecule has 0 atom stereocenters. The smallest absolute Gasteiger partial charge is 0.175 e. The summed E-state index contributed by atoms with van der Waals surface area (Å²) >= 11 is 2.85. The Labute approximate surface area is 137 Å². The van der Waals surface area contributed by atoms with Crippen LogP contribution < -0.4 is 0 Å². The lowest BCUT2D eigenvalue weighted by Crippen LogP contribution is -1.95. The zero-order valence-electron chi connectivity index (χ0n) is 11.6. The first kappa shape index (κ1) is 15.1. The van der Waals surface area contributed by atoms with Crippen LogP contribution in [0.4, 0.5) is 0 Å². The fraction of sp³-hybridized carbons (Fsp3) is 0.0625. The highest BCUT2D eigenvalue weighted by Crippen LogP contribution is 2.41. The Morgan fingerprint density at radius 2 is 1.86 bits per heavy atom. The molecule has 0 unspecified atom stereocenters. The molecule has 0 fully saturated rings. The summed E-state index contributed by atoms with van der Waals surface area (Å²) in [4.78, 5) is 2.82. The van der Waals surface area contributed by atoms with Gasteiger partial charge in [-0.15, -0.1) is 11.3 Å². The van der Waals surface area contributed by atoms with E-state index in [0.29, 0.717) is 4.88 Å². The van der Waals surface area contributed by atoms with E-state index in [0.717, 1.165) is 19.9 Å². The van der Waals surface area contributed by atoms with Crippen molar-refractivity contribution in [2.24, 2.45) is 0 Å². The van der Waals surface area contributed by atoms with E-state index in [2.05, 4.69) is 6.07 Å². The number of nitrogens with zero attached hydrogens (tertiary/aromatic N) is 1. The number of sulfone groups is 1. The van der Waals surface area contributed by atoms with E-state index < -0.39 is 9.84 Å². The minimum Gasteiger partial charge on any atom is -0.224 e. The van der Waals surface area contributed by atoms with Crippen LogP contribution in [0.15, 0.2) is 63.2 Å². The lowest BCUT2D eigenvalue weighted by molar-refractivity contribution is 0.602. The van der Waals surface area contributed by atoms with Gasteiger partial charge in [-0.2, -0.15) is 5.26 Å². The van der Waals surface area contributed by atoms with Gasteiger partial charge < -0.3 is 0 Å². The van der Waals surface area contributed by atoms with E-state index in [9.17, 15) is 13.7 Å². The quantitative estimate of drug-likeness (QED) is 0.709. The molecule has 0 bridgehead atoms. The first-order chi connectivity index (χ1) is 10.5. The van der Waals surface area contributed by atoms with Crippen molar-refractivity contribution >= 4 is 43.0 Å². The van der Waals surface area contributed by atoms with Crippen LogP contribution in [0.2, 0.25) is 0 Å². The summed E-state index contributed by atoms with van der Waals surface area (Å²) in [7, 11) is -3.25. The largest absolute Gasteiger partial charge is 0.224 e. The Morgan fingerprint density at radius 3 is 2.50 bits per heavy atom. The Hall–Kier alpha value is -1.81. The van der Waals surface area contributed by atoms with Gasteiger partial charge in [0, 0.05) is 26.1 Å². The van der Waals surface area contributed by atoms with E-state index in [1.165, 1.54) is 29.4 Å². The molecule has 3 aromatic rings. The predicted octanol–water partition coefficient (Wildman–Crippen LogP) is 4.33. The Bertz CT molecular complexity index is 983. The molecule has 0 saturated heterocycles. The van der Waals surface area contributed by atoms with Crippen molar-refractivity contribution in [3.8, 4) is 6.07 Å². The van der Waals surface area contributed by atoms with E-state index in [1.807, 2.05) is 30.3 Å². The first-order valence-electron chi connectivity index (χ1n) is 6.38. The van der Waals surface area contributed by atoms with Gasteiger partial charge >= 0.3 is 0 Å². The van der Waals surface area contributed by atoms with Gasteiger partial charge in [0.15, 0.2) is 9.84 Å². The van der Waals surface area contributed by atoms with Crippen molar-refractivity contribution in [1.82, 2.24) is 0 Å². The van der Waals surface area contributed by atoms with Gasteiger partial charge in [0.25, 0.3) is 0 Å². The third-order valence-electron chi connectivity index (χ3n) is 3.11. The number of hydrogen-bond acceptors (Lipinski definition) is 5. The molecular weight excluding hydrogens is 334 g/mol. The molecule has 0 aliphatic heterocycles. The van der Waals surface area contributed by atoms with Crippen molar-refractivity contribution in [3.63, 3.8) is 0 Å². The van der Waals surface area contributed by atoms with Gasteiger partial charge in [0.1, 0.15) is 10.9 Å². The summed E-state index contributed by atoms with van der Waals surface area (Å²) in [6, 6.07) is 17.1. The number of fused-ring (bicyclic) bond motifs is 1. The molecule has 1 heterocycles. The highest BCUT2D eigenvalue weighted by Gasteiger charge is 2.16. The number of nitriles is 1. The zero-order chi connectivity index (χ0) is 15.7. The molecule has 3 nitrogen and oxygen atoms in total. The molecule has 0 amide bonds. The maximum Gasteiger partial charge on any atom is 0.175 e. The van der Waals surface area contributed by atoms with Crippen LogP contribution >= 0.6 is 23.1 Å². The Balaban J connectivity index is 2.16. The number of benzene rings is 2. The second kappa shape index (κ2) is 5.76. The lowest BCUT2D eigenvalue weighted by Gasteiger charge is -2.02. The van der Waals surface area contributed by atoms with E-state index in [1.54, 1.807) is 18.2 Å². The molecule has 0 N–H and O–H groups in total. The molecule has 0 saturated carbocycles. The maximum atomic E-state index is 11.7. The molecule has 2 aromatic carbocycles. The summed E-state index contributed by atoms with van der Waals surface area (Å²) < 4.78 is 24.1. The Morgan fingerprint density at radius 1 is 1.14 bits per heavy atom. The van der Waals surface area contributed by atoms with Gasteiger partial charge in [-0.3, -0.25) is 0 Å². The molecular formula is C16H11NO2S3. The third kappa shape index (κ3) is 2.88. The second-order valence-corrected chi connectivity index (χ2v) is 8.87. The maximum absolute atomic E-state index is 11.7. The van der Waals surface area contributed by atoms with Crippen LogP contribution in [0.3, 0.4) is 0 Å². The van der Waals surface area contributed by atoms with Crippen molar-refractivity contribution in [2.75, 3.05) is 6.26 Å². The average molecular weight is 345 g/mol. The lowest BCUT2D eigenvalue weighted by atomic mass is 10.2. The summed E-state index contributed by atoms with van der Waals surface area (Å²) in [5.74, 6) is 0. The normalized spacial score (nSPS) is 11.5. The highest BCUT2D eigenvalue weighted by molar-refractivity contribution is 7.99. The topological polar surface area (TPSA) is 57.9 Å². The van der Waals surface area contributed by atoms with E-state index in [4.69, 9.17) is 0 Å². The second-order valence-electron chi connectivity index (χ2n) is 4.72. The van der Waals surface area contributed by atoms with E-state index in [-0.39, 0.29) is 4.90 Å².